The SMILES string of the molecule is CC.Cn1nc([N-]CCC(N)=O)c2cc(F)c(C3CC4(C3)OCCO4)cc21.[K+].[OH-]. The van der Waals surface area contributed by atoms with Gasteiger partial charge in [-0.15, -0.1) is 0 Å². The van der Waals surface area contributed by atoms with Crippen LogP contribution < -0.4 is 57.1 Å². The van der Waals surface area contributed by atoms with Gasteiger partial charge in [-0.3, -0.25) is 4.79 Å². The maximum absolute atomic E-state index is 14.7. The van der Waals surface area contributed by atoms with Gasteiger partial charge in [-0.05, 0) is 36.0 Å². The van der Waals surface area contributed by atoms with Crippen LogP contribution in [0.15, 0.2) is 12.1 Å². The molecule has 1 aliphatic heterocycles. The largest absolute Gasteiger partial charge is 1.00 e. The monoisotopic (exact) mass is 433 g/mol. The van der Waals surface area contributed by atoms with Gasteiger partial charge in [0.2, 0.25) is 5.91 Å². The van der Waals surface area contributed by atoms with Gasteiger partial charge in [0, 0.05) is 37.2 Å². The molecule has 3 N–H and O–H groups in total. The van der Waals surface area contributed by atoms with E-state index in [1.165, 1.54) is 6.07 Å². The van der Waals surface area contributed by atoms with E-state index in [0.29, 0.717) is 42.8 Å². The molecule has 4 rings (SSSR count). The normalized spacial score (nSPS) is 17.0. The number of benzene rings is 1. The summed E-state index contributed by atoms with van der Waals surface area (Å²) >= 11 is 0. The maximum atomic E-state index is 14.7. The number of nitrogens with zero attached hydrogens (tertiary/aromatic N) is 3. The number of halogens is 1. The number of nitrogens with two attached hydrogens (primary N) is 1. The molecule has 0 bridgehead atoms. The molecule has 1 saturated carbocycles. The Bertz CT molecular complexity index is 831. The minimum Gasteiger partial charge on any atom is -0.870 e. The summed E-state index contributed by atoms with van der Waals surface area (Å²) in [6.45, 7) is 5.45. The van der Waals surface area contributed by atoms with Gasteiger partial charge in [-0.25, -0.2) is 4.39 Å². The number of primary amides is 1. The molecule has 2 fully saturated rings. The van der Waals surface area contributed by atoms with Crippen LogP contribution in [0.3, 0.4) is 0 Å². The van der Waals surface area contributed by atoms with Crippen LogP contribution in [0.1, 0.15) is 44.6 Å². The van der Waals surface area contributed by atoms with Crippen LogP contribution >= 0.6 is 0 Å². The third kappa shape index (κ3) is 5.56. The number of rotatable bonds is 5. The summed E-state index contributed by atoms with van der Waals surface area (Å²) in [4.78, 5) is 10.8. The molecule has 1 amide bonds. The Morgan fingerprint density at radius 1 is 1.34 bits per heavy atom. The van der Waals surface area contributed by atoms with Crippen LogP contribution in [-0.4, -0.2) is 46.7 Å². The van der Waals surface area contributed by atoms with E-state index in [2.05, 4.69) is 10.4 Å². The van der Waals surface area contributed by atoms with Gasteiger partial charge in [-0.2, -0.15) is 0 Å². The standard InChI is InChI=1S/C17H21FN4O3.C2H6.K.H2O/c1-22-14-7-11(10-8-17(9-10)24-4-5-25-17)13(18)6-12(14)16(21-22)20-3-2-15(19)23;1-2;;/h6-7,10H,2-5,8-9H2,1H3,(H3,19,20,21,23);1-2H3;;1H2/q;;+1;/p-2. The van der Waals surface area contributed by atoms with Crippen LogP contribution in [0.2, 0.25) is 0 Å². The number of carbonyl (C=O) groups excluding carboxylic acids is 1. The van der Waals surface area contributed by atoms with Crippen LogP contribution in [-0.2, 0) is 21.3 Å². The zero-order valence-electron chi connectivity index (χ0n) is 17.4. The molecular formula is C19H27FKN4O4-. The molecule has 1 aliphatic carbocycles. The molecule has 2 aromatic rings. The summed E-state index contributed by atoms with van der Waals surface area (Å²) in [5.74, 6) is -0.699. The molecule has 10 heteroatoms. The Labute approximate surface area is 212 Å². The first-order chi connectivity index (χ1) is 13.0. The van der Waals surface area contributed by atoms with Crippen molar-refractivity contribution in [1.29, 1.82) is 0 Å². The zero-order valence-corrected chi connectivity index (χ0v) is 20.6. The Balaban J connectivity index is 0.00000102. The van der Waals surface area contributed by atoms with E-state index in [-0.39, 0.29) is 81.6 Å². The molecule has 1 spiro atoms. The predicted molar refractivity (Wildman–Crippen MR) is 102 cm³/mol. The van der Waals surface area contributed by atoms with Crippen molar-refractivity contribution in [2.24, 2.45) is 12.8 Å². The summed E-state index contributed by atoms with van der Waals surface area (Å²) in [6, 6.07) is 3.30. The van der Waals surface area contributed by atoms with Crippen LogP contribution in [0.5, 0.6) is 0 Å². The minimum absolute atomic E-state index is 0. The van der Waals surface area contributed by atoms with Crippen molar-refractivity contribution in [2.75, 3.05) is 19.8 Å². The number of aromatic nitrogens is 2. The van der Waals surface area contributed by atoms with Crippen LogP contribution in [0.25, 0.3) is 16.2 Å². The second kappa shape index (κ2) is 11.1. The van der Waals surface area contributed by atoms with E-state index >= 15 is 0 Å². The molecule has 0 unspecified atom stereocenters. The zero-order chi connectivity index (χ0) is 19.6. The second-order valence-electron chi connectivity index (χ2n) is 6.65. The number of hydrogen-bond acceptors (Lipinski definition) is 5. The van der Waals surface area contributed by atoms with E-state index in [0.717, 1.165) is 5.52 Å². The van der Waals surface area contributed by atoms with Gasteiger partial charge in [0.05, 0.1) is 13.2 Å². The van der Waals surface area contributed by atoms with Gasteiger partial charge < -0.3 is 35.8 Å². The summed E-state index contributed by atoms with van der Waals surface area (Å²) in [6.07, 6.45) is 1.48. The third-order valence-electron chi connectivity index (χ3n) is 4.94. The first-order valence-corrected chi connectivity index (χ1v) is 9.37. The van der Waals surface area contributed by atoms with Gasteiger partial charge >= 0.3 is 51.4 Å². The van der Waals surface area contributed by atoms with Crippen molar-refractivity contribution in [3.05, 3.63) is 28.8 Å². The third-order valence-corrected chi connectivity index (χ3v) is 4.94. The van der Waals surface area contributed by atoms with Crippen molar-refractivity contribution >= 4 is 22.6 Å². The van der Waals surface area contributed by atoms with Gasteiger partial charge in [0.25, 0.3) is 0 Å². The van der Waals surface area contributed by atoms with Crippen molar-refractivity contribution in [1.82, 2.24) is 9.78 Å². The van der Waals surface area contributed by atoms with Crippen molar-refractivity contribution in [3.8, 4) is 0 Å². The second-order valence-corrected chi connectivity index (χ2v) is 6.65. The number of hydrogen-bond donors (Lipinski definition) is 1. The molecule has 8 nitrogen and oxygen atoms in total. The molecular weight excluding hydrogens is 406 g/mol. The quantitative estimate of drug-likeness (QED) is 0.668. The topological polar surface area (TPSA) is 123 Å². The maximum Gasteiger partial charge on any atom is 1.00 e. The Morgan fingerprint density at radius 2 is 1.97 bits per heavy atom. The van der Waals surface area contributed by atoms with E-state index in [4.69, 9.17) is 15.2 Å². The molecule has 0 radical (unpaired) electrons. The van der Waals surface area contributed by atoms with E-state index in [9.17, 15) is 9.18 Å². The first-order valence-electron chi connectivity index (χ1n) is 9.37. The van der Waals surface area contributed by atoms with Crippen molar-refractivity contribution in [3.63, 3.8) is 0 Å². The minimum atomic E-state index is -0.506. The van der Waals surface area contributed by atoms with Crippen molar-refractivity contribution in [2.45, 2.75) is 44.8 Å². The number of carbonyl (C=O) groups is 1. The van der Waals surface area contributed by atoms with E-state index in [1.807, 2.05) is 19.9 Å². The van der Waals surface area contributed by atoms with Crippen molar-refractivity contribution < 1.29 is 75.5 Å². The van der Waals surface area contributed by atoms with Crippen LogP contribution in [0.4, 0.5) is 10.2 Å². The molecule has 1 aromatic carbocycles. The summed E-state index contributed by atoms with van der Waals surface area (Å²) < 4.78 is 27.6. The van der Waals surface area contributed by atoms with Gasteiger partial charge in [-0.1, -0.05) is 13.8 Å². The summed E-state index contributed by atoms with van der Waals surface area (Å²) in [7, 11) is 1.79. The average Bonchev–Trinajstić information content (AvgIpc) is 3.21. The fourth-order valence-corrected chi connectivity index (χ4v) is 3.62. The Kier molecular flexibility index (Phi) is 10.2. The van der Waals surface area contributed by atoms with Crippen LogP contribution in [0, 0.1) is 5.82 Å². The number of amides is 1. The molecule has 1 aromatic heterocycles. The molecule has 2 heterocycles. The summed E-state index contributed by atoms with van der Waals surface area (Å²) in [5, 5.41) is 9.22. The Morgan fingerprint density at radius 3 is 2.55 bits per heavy atom. The fraction of sp³-hybridized carbons (Fsp3) is 0.579. The molecule has 0 atom stereocenters. The molecule has 1 saturated heterocycles. The molecule has 29 heavy (non-hydrogen) atoms. The number of aryl methyl sites for hydroxylation is 1. The molecule has 156 valence electrons. The fourth-order valence-electron chi connectivity index (χ4n) is 3.62. The smallest absolute Gasteiger partial charge is 0.870 e. The average molecular weight is 434 g/mol. The number of fused-ring (bicyclic) bond motifs is 1. The first kappa shape index (κ1) is 26.4. The van der Waals surface area contributed by atoms with Gasteiger partial charge in [0.15, 0.2) is 5.79 Å². The predicted octanol–water partition coefficient (Wildman–Crippen LogP) is 0.0669. The number of ether oxygens (including phenoxy) is 2. The molecule has 2 aliphatic rings. The Hall–Kier alpha value is -0.594. The summed E-state index contributed by atoms with van der Waals surface area (Å²) in [5.41, 5.74) is 6.58. The van der Waals surface area contributed by atoms with E-state index < -0.39 is 11.7 Å². The van der Waals surface area contributed by atoms with E-state index in [1.54, 1.807) is 11.7 Å². The van der Waals surface area contributed by atoms with Gasteiger partial charge in [0.1, 0.15) is 5.82 Å².